The van der Waals surface area contributed by atoms with E-state index in [9.17, 15) is 4.79 Å². The molecule has 0 aliphatic carbocycles. The molecule has 2 heterocycles. The summed E-state index contributed by atoms with van der Waals surface area (Å²) >= 11 is 0. The van der Waals surface area contributed by atoms with Crippen molar-refractivity contribution in [2.24, 2.45) is 11.1 Å². The lowest BCUT2D eigenvalue weighted by Gasteiger charge is -2.24. The second-order valence-electron chi connectivity index (χ2n) is 5.27. The second-order valence-corrected chi connectivity index (χ2v) is 5.27. The van der Waals surface area contributed by atoms with Crippen molar-refractivity contribution in [3.8, 4) is 0 Å². The van der Waals surface area contributed by atoms with E-state index >= 15 is 0 Å². The Labute approximate surface area is 100 Å². The van der Waals surface area contributed by atoms with E-state index in [1.807, 2.05) is 20.8 Å². The quantitative estimate of drug-likeness (QED) is 0.640. The molecule has 1 amide bonds. The number of fused-ring (bicyclic) bond motifs is 1. The molecule has 96 valence electrons. The van der Waals surface area contributed by atoms with Gasteiger partial charge in [0.25, 0.3) is 0 Å². The van der Waals surface area contributed by atoms with Gasteiger partial charge in [-0.3, -0.25) is 0 Å². The molecule has 0 saturated carbocycles. The number of ether oxygens (including phenoxy) is 2. The van der Waals surface area contributed by atoms with Gasteiger partial charge in [-0.25, -0.2) is 4.79 Å². The Morgan fingerprint density at radius 2 is 2.18 bits per heavy atom. The first-order valence-corrected chi connectivity index (χ1v) is 5.66. The van der Waals surface area contributed by atoms with Crippen LogP contribution in [0.5, 0.6) is 0 Å². The first-order chi connectivity index (χ1) is 7.90. The van der Waals surface area contributed by atoms with Gasteiger partial charge in [-0.05, 0) is 20.8 Å². The fourth-order valence-corrected chi connectivity index (χ4v) is 1.97. The fraction of sp³-hybridized carbons (Fsp3) is 0.818. The van der Waals surface area contributed by atoms with Gasteiger partial charge in [0.2, 0.25) is 5.90 Å². The molecule has 0 aromatic heterocycles. The number of hydrogen-bond donors (Lipinski definition) is 0. The highest BCUT2D eigenvalue weighted by Crippen LogP contribution is 2.28. The maximum Gasteiger partial charge on any atom is 0.410 e. The third-order valence-corrected chi connectivity index (χ3v) is 2.72. The van der Waals surface area contributed by atoms with Crippen molar-refractivity contribution >= 4 is 12.0 Å². The van der Waals surface area contributed by atoms with Crippen LogP contribution >= 0.6 is 0 Å². The summed E-state index contributed by atoms with van der Waals surface area (Å²) in [7, 11) is 1.56. The molecule has 0 aromatic carbocycles. The maximum atomic E-state index is 11.9. The molecule has 0 N–H and O–H groups in total. The fourth-order valence-electron chi connectivity index (χ4n) is 1.97. The zero-order chi connectivity index (χ0) is 12.6. The molecule has 1 fully saturated rings. The predicted molar refractivity (Wildman–Crippen MR) is 60.6 cm³/mol. The Kier molecular flexibility index (Phi) is 2.89. The number of nitrogens with zero attached hydrogens (tertiary/aromatic N) is 2. The number of oxime groups is 1. The number of rotatable bonds is 0. The highest BCUT2D eigenvalue weighted by Gasteiger charge is 2.45. The summed E-state index contributed by atoms with van der Waals surface area (Å²) in [5, 5.41) is 3.82. The monoisotopic (exact) mass is 242 g/mol. The molecule has 0 bridgehead atoms. The van der Waals surface area contributed by atoms with Crippen LogP contribution in [0.4, 0.5) is 4.79 Å². The van der Waals surface area contributed by atoms with Crippen LogP contribution in [0, 0.1) is 5.92 Å². The standard InChI is InChI=1S/C11H18N2O4/c1-11(2,3)16-10(14)13-5-7-8(6-13)17-12-9(7)15-4/h7-8H,5-6H2,1-4H3. The molecule has 0 spiro atoms. The summed E-state index contributed by atoms with van der Waals surface area (Å²) < 4.78 is 10.4. The molecule has 2 rings (SSSR count). The van der Waals surface area contributed by atoms with E-state index in [-0.39, 0.29) is 18.1 Å². The zero-order valence-corrected chi connectivity index (χ0v) is 10.6. The van der Waals surface area contributed by atoms with Gasteiger partial charge in [0.1, 0.15) is 5.60 Å². The van der Waals surface area contributed by atoms with E-state index in [0.717, 1.165) is 0 Å². The van der Waals surface area contributed by atoms with Gasteiger partial charge in [-0.1, -0.05) is 5.16 Å². The van der Waals surface area contributed by atoms with Crippen LogP contribution in [0.3, 0.4) is 0 Å². The molecule has 2 unspecified atom stereocenters. The van der Waals surface area contributed by atoms with Crippen molar-refractivity contribution in [2.75, 3.05) is 20.2 Å². The summed E-state index contributed by atoms with van der Waals surface area (Å²) in [5.41, 5.74) is -0.478. The van der Waals surface area contributed by atoms with Gasteiger partial charge in [0.05, 0.1) is 19.6 Å². The second kappa shape index (κ2) is 4.09. The van der Waals surface area contributed by atoms with Crippen LogP contribution in [-0.4, -0.2) is 48.8 Å². The highest BCUT2D eigenvalue weighted by atomic mass is 16.7. The third kappa shape index (κ3) is 2.45. The molecule has 6 heteroatoms. The molecule has 2 aliphatic rings. The maximum absolute atomic E-state index is 11.9. The van der Waals surface area contributed by atoms with Crippen molar-refractivity contribution in [2.45, 2.75) is 32.5 Å². The summed E-state index contributed by atoms with van der Waals surface area (Å²) in [6.45, 7) is 6.57. The number of carbonyl (C=O) groups is 1. The van der Waals surface area contributed by atoms with Crippen molar-refractivity contribution in [3.05, 3.63) is 0 Å². The van der Waals surface area contributed by atoms with Crippen LogP contribution in [-0.2, 0) is 14.3 Å². The molecule has 17 heavy (non-hydrogen) atoms. The third-order valence-electron chi connectivity index (χ3n) is 2.72. The minimum absolute atomic E-state index is 0.0347. The zero-order valence-electron chi connectivity index (χ0n) is 10.6. The van der Waals surface area contributed by atoms with Gasteiger partial charge in [-0.2, -0.15) is 0 Å². The number of likely N-dealkylation sites (tertiary alicyclic amines) is 1. The van der Waals surface area contributed by atoms with Gasteiger partial charge in [-0.15, -0.1) is 0 Å². The molecular weight excluding hydrogens is 224 g/mol. The molecule has 2 atom stereocenters. The number of carbonyl (C=O) groups excluding carboxylic acids is 1. The van der Waals surface area contributed by atoms with Gasteiger partial charge in [0.15, 0.2) is 6.10 Å². The van der Waals surface area contributed by atoms with Gasteiger partial charge < -0.3 is 19.2 Å². The lowest BCUT2D eigenvalue weighted by molar-refractivity contribution is 0.0226. The highest BCUT2D eigenvalue weighted by molar-refractivity contribution is 5.82. The Morgan fingerprint density at radius 1 is 1.47 bits per heavy atom. The van der Waals surface area contributed by atoms with Crippen LogP contribution in [0.1, 0.15) is 20.8 Å². The van der Waals surface area contributed by atoms with Crippen LogP contribution < -0.4 is 0 Å². The van der Waals surface area contributed by atoms with Crippen LogP contribution in [0.15, 0.2) is 5.16 Å². The van der Waals surface area contributed by atoms with Gasteiger partial charge in [0, 0.05) is 6.54 Å². The minimum atomic E-state index is -0.478. The topological polar surface area (TPSA) is 60.4 Å². The number of amides is 1. The average Bonchev–Trinajstić information content (AvgIpc) is 2.72. The lowest BCUT2D eigenvalue weighted by atomic mass is 10.1. The van der Waals surface area contributed by atoms with E-state index in [1.54, 1.807) is 12.0 Å². The van der Waals surface area contributed by atoms with E-state index in [1.165, 1.54) is 0 Å². The molecule has 2 aliphatic heterocycles. The Bertz CT molecular complexity index is 348. The summed E-state index contributed by atoms with van der Waals surface area (Å²) in [4.78, 5) is 18.7. The largest absolute Gasteiger partial charge is 0.482 e. The molecule has 0 aromatic rings. The molecule has 0 radical (unpaired) electrons. The van der Waals surface area contributed by atoms with E-state index in [4.69, 9.17) is 14.3 Å². The molecular formula is C11H18N2O4. The van der Waals surface area contributed by atoms with Gasteiger partial charge >= 0.3 is 6.09 Å². The Balaban J connectivity index is 1.95. The summed E-state index contributed by atoms with van der Waals surface area (Å²) in [5.74, 6) is 0.591. The first-order valence-electron chi connectivity index (χ1n) is 5.66. The minimum Gasteiger partial charge on any atom is -0.482 e. The Hall–Kier alpha value is -1.46. The van der Waals surface area contributed by atoms with Crippen molar-refractivity contribution in [3.63, 3.8) is 0 Å². The average molecular weight is 242 g/mol. The summed E-state index contributed by atoms with van der Waals surface area (Å²) in [6.07, 6.45) is -0.413. The first kappa shape index (κ1) is 12.0. The normalized spacial score (nSPS) is 27.3. The van der Waals surface area contributed by atoms with E-state index in [0.29, 0.717) is 19.0 Å². The van der Waals surface area contributed by atoms with Crippen molar-refractivity contribution in [1.82, 2.24) is 4.90 Å². The summed E-state index contributed by atoms with van der Waals surface area (Å²) in [6, 6.07) is 0. The van der Waals surface area contributed by atoms with Crippen molar-refractivity contribution < 1.29 is 19.1 Å². The van der Waals surface area contributed by atoms with Crippen LogP contribution in [0.25, 0.3) is 0 Å². The Morgan fingerprint density at radius 3 is 2.76 bits per heavy atom. The van der Waals surface area contributed by atoms with Crippen LogP contribution in [0.2, 0.25) is 0 Å². The van der Waals surface area contributed by atoms with Crippen molar-refractivity contribution in [1.29, 1.82) is 0 Å². The molecule has 1 saturated heterocycles. The predicted octanol–water partition coefficient (Wildman–Crippen LogP) is 1.21. The molecule has 6 nitrogen and oxygen atoms in total. The smallest absolute Gasteiger partial charge is 0.410 e. The van der Waals surface area contributed by atoms with E-state index in [2.05, 4.69) is 5.16 Å². The lowest BCUT2D eigenvalue weighted by Crippen LogP contribution is -2.36. The van der Waals surface area contributed by atoms with E-state index < -0.39 is 5.60 Å². The SMILES string of the molecule is COC1=NOC2CN(C(=O)OC(C)(C)C)CC12. The number of hydrogen-bond acceptors (Lipinski definition) is 5. The number of methoxy groups -OCH3 is 1.